The average Bonchev–Trinajstić information content (AvgIpc) is 2.77. The Morgan fingerprint density at radius 1 is 1.11 bits per heavy atom. The fourth-order valence-corrected chi connectivity index (χ4v) is 4.92. The monoisotopic (exact) mass is 511 g/mol. The Hall–Kier alpha value is -2.67. The van der Waals surface area contributed by atoms with Crippen molar-refractivity contribution >= 4 is 11.7 Å². The van der Waals surface area contributed by atoms with E-state index in [1.54, 1.807) is 6.20 Å². The largest absolute Gasteiger partial charge is 0.479 e. The van der Waals surface area contributed by atoms with E-state index < -0.39 is 17.7 Å². The second-order valence-corrected chi connectivity index (χ2v) is 12.6. The van der Waals surface area contributed by atoms with Crippen LogP contribution in [0.15, 0.2) is 24.5 Å². The zero-order chi connectivity index (χ0) is 27.5. The van der Waals surface area contributed by atoms with Gasteiger partial charge in [-0.05, 0) is 71.3 Å². The Balaban J connectivity index is 2.09. The first kappa shape index (κ1) is 28.9. The van der Waals surface area contributed by atoms with Gasteiger partial charge in [0.25, 0.3) is 0 Å². The number of rotatable bonds is 9. The molecule has 1 unspecified atom stereocenters. The van der Waals surface area contributed by atoms with E-state index in [0.29, 0.717) is 23.1 Å². The van der Waals surface area contributed by atoms with Gasteiger partial charge in [-0.25, -0.2) is 9.78 Å². The standard InChI is InChI=1S/C30H45N3O4/c1-19(2)16-20(3)36-24-11-10-22(17-32-24)23-18-31-21(4)25(27(28(34)35)37-29(5,6)7)26(23)33-14-12-30(8,9)13-15-33/h10-11,17-20,27H,12-16H2,1-9H3,(H,34,35)/t20?,27-/m0/s1. The predicted molar refractivity (Wildman–Crippen MR) is 148 cm³/mol. The van der Waals surface area contributed by atoms with E-state index in [2.05, 4.69) is 49.5 Å². The fourth-order valence-electron chi connectivity index (χ4n) is 4.92. The molecule has 0 radical (unpaired) electrons. The molecule has 2 aromatic heterocycles. The lowest BCUT2D eigenvalue weighted by molar-refractivity contribution is -0.160. The summed E-state index contributed by atoms with van der Waals surface area (Å²) in [4.78, 5) is 24.1. The molecule has 0 aromatic carbocycles. The molecule has 0 saturated carbocycles. The molecule has 0 aliphatic carbocycles. The Kier molecular flexibility index (Phi) is 8.89. The van der Waals surface area contributed by atoms with Crippen LogP contribution in [-0.2, 0) is 9.53 Å². The van der Waals surface area contributed by atoms with Gasteiger partial charge in [0.2, 0.25) is 5.88 Å². The van der Waals surface area contributed by atoms with Crippen molar-refractivity contribution in [2.24, 2.45) is 11.3 Å². The fraction of sp³-hybridized carbons (Fsp3) is 0.633. The second kappa shape index (κ2) is 11.4. The van der Waals surface area contributed by atoms with Crippen LogP contribution >= 0.6 is 0 Å². The maximum Gasteiger partial charge on any atom is 0.337 e. The Morgan fingerprint density at radius 3 is 2.27 bits per heavy atom. The minimum atomic E-state index is -1.13. The highest BCUT2D eigenvalue weighted by Gasteiger charge is 2.35. The first-order valence-electron chi connectivity index (χ1n) is 13.4. The molecule has 0 spiro atoms. The molecule has 1 fully saturated rings. The maximum atomic E-state index is 12.5. The number of hydrogen-bond donors (Lipinski definition) is 1. The van der Waals surface area contributed by atoms with Crippen molar-refractivity contribution in [2.45, 2.75) is 99.4 Å². The molecular formula is C30H45N3O4. The second-order valence-electron chi connectivity index (χ2n) is 12.6. The molecule has 204 valence electrons. The zero-order valence-corrected chi connectivity index (χ0v) is 24.1. The van der Waals surface area contributed by atoms with Crippen LogP contribution in [0.3, 0.4) is 0 Å². The van der Waals surface area contributed by atoms with Crippen LogP contribution in [0.1, 0.15) is 92.0 Å². The van der Waals surface area contributed by atoms with Crippen molar-refractivity contribution in [1.82, 2.24) is 9.97 Å². The van der Waals surface area contributed by atoms with Gasteiger partial charge in [0.15, 0.2) is 6.10 Å². The highest BCUT2D eigenvalue weighted by Crippen LogP contribution is 2.43. The molecule has 7 heteroatoms. The van der Waals surface area contributed by atoms with Crippen molar-refractivity contribution in [3.05, 3.63) is 35.8 Å². The number of carboxylic acid groups (broad SMARTS) is 1. The summed E-state index contributed by atoms with van der Waals surface area (Å²) < 4.78 is 12.1. The normalized spacial score (nSPS) is 17.5. The Bertz CT molecular complexity index is 1060. The van der Waals surface area contributed by atoms with Gasteiger partial charge in [-0.2, -0.15) is 0 Å². The number of pyridine rings is 2. The molecule has 1 aliphatic heterocycles. The topological polar surface area (TPSA) is 84.8 Å². The number of hydrogen-bond acceptors (Lipinski definition) is 6. The zero-order valence-electron chi connectivity index (χ0n) is 24.1. The van der Waals surface area contributed by atoms with Crippen LogP contribution in [0.25, 0.3) is 11.1 Å². The van der Waals surface area contributed by atoms with E-state index in [-0.39, 0.29) is 11.5 Å². The molecule has 3 heterocycles. The maximum absolute atomic E-state index is 12.5. The average molecular weight is 512 g/mol. The van der Waals surface area contributed by atoms with E-state index in [1.165, 1.54) is 0 Å². The lowest BCUT2D eigenvalue weighted by Crippen LogP contribution is -2.39. The predicted octanol–water partition coefficient (Wildman–Crippen LogP) is 6.83. The van der Waals surface area contributed by atoms with Crippen molar-refractivity contribution in [2.75, 3.05) is 18.0 Å². The number of carbonyl (C=O) groups is 1. The lowest BCUT2D eigenvalue weighted by Gasteiger charge is -2.40. The summed E-state index contributed by atoms with van der Waals surface area (Å²) in [6, 6.07) is 3.87. The summed E-state index contributed by atoms with van der Waals surface area (Å²) >= 11 is 0. The number of aromatic nitrogens is 2. The number of ether oxygens (including phenoxy) is 2. The molecule has 7 nitrogen and oxygen atoms in total. The Labute approximate surface area is 222 Å². The first-order valence-corrected chi connectivity index (χ1v) is 13.4. The quantitative estimate of drug-likeness (QED) is 0.395. The highest BCUT2D eigenvalue weighted by molar-refractivity contribution is 5.86. The number of nitrogens with zero attached hydrogens (tertiary/aromatic N) is 3. The molecule has 2 atom stereocenters. The molecule has 3 rings (SSSR count). The van der Waals surface area contributed by atoms with Crippen LogP contribution in [0, 0.1) is 18.3 Å². The van der Waals surface area contributed by atoms with Crippen LogP contribution in [-0.4, -0.2) is 45.8 Å². The van der Waals surface area contributed by atoms with Gasteiger partial charge in [-0.1, -0.05) is 27.7 Å². The van der Waals surface area contributed by atoms with Crippen molar-refractivity contribution in [3.8, 4) is 17.0 Å². The van der Waals surface area contributed by atoms with Gasteiger partial charge in [-0.15, -0.1) is 0 Å². The molecule has 37 heavy (non-hydrogen) atoms. The van der Waals surface area contributed by atoms with Gasteiger partial charge in [0.1, 0.15) is 0 Å². The van der Waals surface area contributed by atoms with Crippen LogP contribution in [0.5, 0.6) is 5.88 Å². The summed E-state index contributed by atoms with van der Waals surface area (Å²) in [6.07, 6.45) is 5.56. The SMILES string of the molecule is Cc1ncc(-c2ccc(OC(C)CC(C)C)nc2)c(N2CCC(C)(C)CC2)c1[C@H](OC(C)(C)C)C(=O)O. The van der Waals surface area contributed by atoms with Crippen molar-refractivity contribution in [3.63, 3.8) is 0 Å². The van der Waals surface area contributed by atoms with E-state index >= 15 is 0 Å². The van der Waals surface area contributed by atoms with E-state index in [1.807, 2.05) is 46.0 Å². The molecule has 0 amide bonds. The number of anilines is 1. The number of piperidine rings is 1. The molecule has 1 saturated heterocycles. The summed E-state index contributed by atoms with van der Waals surface area (Å²) in [6.45, 7) is 20.1. The van der Waals surface area contributed by atoms with Crippen molar-refractivity contribution < 1.29 is 19.4 Å². The third-order valence-electron chi connectivity index (χ3n) is 6.85. The molecule has 0 bridgehead atoms. The van der Waals surface area contributed by atoms with Gasteiger partial charge < -0.3 is 19.5 Å². The highest BCUT2D eigenvalue weighted by atomic mass is 16.5. The van der Waals surface area contributed by atoms with Crippen LogP contribution in [0.4, 0.5) is 5.69 Å². The Morgan fingerprint density at radius 2 is 1.76 bits per heavy atom. The summed E-state index contributed by atoms with van der Waals surface area (Å²) in [5.74, 6) is 0.107. The smallest absolute Gasteiger partial charge is 0.337 e. The third-order valence-corrected chi connectivity index (χ3v) is 6.85. The van der Waals surface area contributed by atoms with Crippen LogP contribution in [0.2, 0.25) is 0 Å². The summed E-state index contributed by atoms with van der Waals surface area (Å²) in [5, 5.41) is 10.3. The van der Waals surface area contributed by atoms with Gasteiger partial charge in [-0.3, -0.25) is 4.98 Å². The summed E-state index contributed by atoms with van der Waals surface area (Å²) in [7, 11) is 0. The lowest BCUT2D eigenvalue weighted by atomic mass is 9.82. The summed E-state index contributed by atoms with van der Waals surface area (Å²) in [5.41, 5.74) is 3.50. The number of carboxylic acids is 1. The third kappa shape index (κ3) is 7.67. The number of aryl methyl sites for hydroxylation is 1. The van der Waals surface area contributed by atoms with Crippen LogP contribution < -0.4 is 9.64 Å². The minimum absolute atomic E-state index is 0.0733. The van der Waals surface area contributed by atoms with Crippen molar-refractivity contribution in [1.29, 1.82) is 0 Å². The molecule has 1 N–H and O–H groups in total. The van der Waals surface area contributed by atoms with Gasteiger partial charge >= 0.3 is 5.97 Å². The minimum Gasteiger partial charge on any atom is -0.479 e. The van der Waals surface area contributed by atoms with Gasteiger partial charge in [0, 0.05) is 53.9 Å². The van der Waals surface area contributed by atoms with E-state index in [0.717, 1.165) is 49.2 Å². The molecular weight excluding hydrogens is 466 g/mol. The van der Waals surface area contributed by atoms with E-state index in [4.69, 9.17) is 9.47 Å². The molecule has 2 aromatic rings. The van der Waals surface area contributed by atoms with E-state index in [9.17, 15) is 9.90 Å². The number of aliphatic carboxylic acids is 1. The molecule has 1 aliphatic rings. The van der Waals surface area contributed by atoms with Gasteiger partial charge in [0.05, 0.1) is 17.4 Å². The first-order chi connectivity index (χ1) is 17.2.